The predicted molar refractivity (Wildman–Crippen MR) is 69.7 cm³/mol. The minimum Gasteiger partial charge on any atom is -0.378 e. The molecule has 0 bridgehead atoms. The van der Waals surface area contributed by atoms with Crippen molar-refractivity contribution in [3.05, 3.63) is 54.2 Å². The van der Waals surface area contributed by atoms with Gasteiger partial charge in [-0.05, 0) is 18.2 Å². The summed E-state index contributed by atoms with van der Waals surface area (Å²) in [4.78, 5) is 0. The van der Waals surface area contributed by atoms with Gasteiger partial charge in [-0.25, -0.2) is 0 Å². The third-order valence-corrected chi connectivity index (χ3v) is 3.78. The average Bonchev–Trinajstić information content (AvgIpc) is 3.07. The van der Waals surface area contributed by atoms with Gasteiger partial charge in [-0.2, -0.15) is 14.2 Å². The number of aromatic nitrogens is 3. The quantitative estimate of drug-likeness (QED) is 0.394. The van der Waals surface area contributed by atoms with E-state index in [-0.39, 0.29) is 0 Å². The lowest BCUT2D eigenvalue weighted by molar-refractivity contribution is -0.649. The highest BCUT2D eigenvalue weighted by Gasteiger charge is 2.35. The van der Waals surface area contributed by atoms with Crippen LogP contribution < -0.4 is 4.57 Å². The van der Waals surface area contributed by atoms with Crippen LogP contribution in [0.3, 0.4) is 0 Å². The molecule has 19 heavy (non-hydrogen) atoms. The molecule has 1 aliphatic heterocycles. The molecule has 4 heterocycles. The van der Waals surface area contributed by atoms with Crippen LogP contribution in [-0.2, 0) is 6.54 Å². The van der Waals surface area contributed by atoms with Crippen LogP contribution in [0, 0.1) is 0 Å². The van der Waals surface area contributed by atoms with Gasteiger partial charge in [-0.3, -0.25) is 0 Å². The van der Waals surface area contributed by atoms with Crippen LogP contribution >= 0.6 is 0 Å². The third-order valence-electron chi connectivity index (χ3n) is 3.78. The van der Waals surface area contributed by atoms with Gasteiger partial charge in [0.2, 0.25) is 0 Å². The molecule has 0 saturated carbocycles. The number of hydrogen-bond acceptors (Lipinski definition) is 2. The van der Waals surface area contributed by atoms with Crippen LogP contribution in [0.15, 0.2) is 53.1 Å². The molecule has 5 rings (SSSR count). The van der Waals surface area contributed by atoms with Crippen LogP contribution in [-0.4, -0.2) is 9.61 Å². The summed E-state index contributed by atoms with van der Waals surface area (Å²) in [6, 6.07) is 14.5. The number of hydrogen-bond donors (Lipinski definition) is 0. The van der Waals surface area contributed by atoms with Gasteiger partial charge in [0.05, 0.1) is 11.1 Å². The Kier molecular flexibility index (Phi) is 1.49. The minimum absolute atomic E-state index is 0.820. The van der Waals surface area contributed by atoms with Crippen molar-refractivity contribution in [1.82, 2.24) is 9.61 Å². The lowest BCUT2D eigenvalue weighted by Gasteiger charge is -1.91. The molecule has 0 unspecified atom stereocenters. The Morgan fingerprint density at radius 3 is 3.11 bits per heavy atom. The van der Waals surface area contributed by atoms with Gasteiger partial charge in [0, 0.05) is 17.8 Å². The zero-order valence-corrected chi connectivity index (χ0v) is 10.1. The highest BCUT2D eigenvalue weighted by molar-refractivity contribution is 5.78. The summed E-state index contributed by atoms with van der Waals surface area (Å²) in [6.45, 7) is 0.870. The second-order valence-electron chi connectivity index (χ2n) is 4.85. The maximum atomic E-state index is 6.05. The van der Waals surface area contributed by atoms with E-state index in [1.807, 2.05) is 22.7 Å². The summed E-state index contributed by atoms with van der Waals surface area (Å²) < 4.78 is 10.1. The van der Waals surface area contributed by atoms with Crippen molar-refractivity contribution in [3.63, 3.8) is 0 Å². The standard InChI is InChI=1S/C15H10N3O/c1-2-6-12-10(4-1)9-17-13-8-11-5-3-7-16-18(11)15(13)19-14(12)17/h1-8H,9H2/q+1. The SMILES string of the molecule is c1ccc2c(c1)C[n+]1c-2oc2c1cc1cccnn12. The molecule has 90 valence electrons. The van der Waals surface area contributed by atoms with E-state index >= 15 is 0 Å². The van der Waals surface area contributed by atoms with E-state index in [4.69, 9.17) is 4.42 Å². The van der Waals surface area contributed by atoms with Crippen molar-refractivity contribution < 1.29 is 8.98 Å². The molecule has 4 nitrogen and oxygen atoms in total. The summed E-state index contributed by atoms with van der Waals surface area (Å²) >= 11 is 0. The first-order chi connectivity index (χ1) is 9.42. The number of benzene rings is 1. The minimum atomic E-state index is 0.820. The fourth-order valence-electron chi connectivity index (χ4n) is 2.91. The van der Waals surface area contributed by atoms with Gasteiger partial charge in [0.15, 0.2) is 6.54 Å². The first-order valence-electron chi connectivity index (χ1n) is 6.29. The lowest BCUT2D eigenvalue weighted by Crippen LogP contribution is -2.30. The first-order valence-corrected chi connectivity index (χ1v) is 6.29. The number of nitrogens with zero attached hydrogens (tertiary/aromatic N) is 3. The van der Waals surface area contributed by atoms with Crippen molar-refractivity contribution in [3.8, 4) is 11.5 Å². The zero-order chi connectivity index (χ0) is 12.4. The van der Waals surface area contributed by atoms with Gasteiger partial charge in [-0.15, -0.1) is 0 Å². The molecule has 3 aromatic heterocycles. The zero-order valence-electron chi connectivity index (χ0n) is 10.1. The molecule has 4 heteroatoms. The van der Waals surface area contributed by atoms with Gasteiger partial charge in [0.1, 0.15) is 0 Å². The monoisotopic (exact) mass is 248 g/mol. The smallest absolute Gasteiger partial charge is 0.378 e. The molecule has 1 aromatic carbocycles. The molecule has 0 spiro atoms. The average molecular weight is 248 g/mol. The maximum absolute atomic E-state index is 6.05. The van der Waals surface area contributed by atoms with Gasteiger partial charge in [-0.1, -0.05) is 18.2 Å². The second kappa shape index (κ2) is 3.03. The molecule has 0 radical (unpaired) electrons. The first kappa shape index (κ1) is 9.33. The maximum Gasteiger partial charge on any atom is 0.383 e. The summed E-state index contributed by atoms with van der Waals surface area (Å²) in [7, 11) is 0. The van der Waals surface area contributed by atoms with E-state index < -0.39 is 0 Å². The molecule has 0 N–H and O–H groups in total. The van der Waals surface area contributed by atoms with Gasteiger partial charge < -0.3 is 4.42 Å². The fourth-order valence-corrected chi connectivity index (χ4v) is 2.91. The number of rotatable bonds is 0. The van der Waals surface area contributed by atoms with E-state index in [9.17, 15) is 0 Å². The Labute approximate surface area is 108 Å². The summed E-state index contributed by atoms with van der Waals surface area (Å²) in [5.41, 5.74) is 5.47. The molecule has 0 atom stereocenters. The van der Waals surface area contributed by atoms with Crippen molar-refractivity contribution in [2.24, 2.45) is 0 Å². The normalized spacial score (nSPS) is 13.1. The summed E-state index contributed by atoms with van der Waals surface area (Å²) in [6.07, 6.45) is 1.78. The molecular formula is C15H10N3O+. The van der Waals surface area contributed by atoms with E-state index in [0.29, 0.717) is 0 Å². The van der Waals surface area contributed by atoms with Gasteiger partial charge in [0.25, 0.3) is 11.2 Å². The highest BCUT2D eigenvalue weighted by Crippen LogP contribution is 2.31. The van der Waals surface area contributed by atoms with Crippen molar-refractivity contribution in [2.45, 2.75) is 6.54 Å². The molecule has 0 amide bonds. The largest absolute Gasteiger partial charge is 0.383 e. The molecule has 0 aliphatic carbocycles. The molecule has 4 aromatic rings. The molecular weight excluding hydrogens is 238 g/mol. The third kappa shape index (κ3) is 1.04. The highest BCUT2D eigenvalue weighted by atomic mass is 16.4. The molecule has 0 saturated heterocycles. The van der Waals surface area contributed by atoms with Crippen LogP contribution in [0.5, 0.6) is 0 Å². The van der Waals surface area contributed by atoms with Gasteiger partial charge >= 0.3 is 5.89 Å². The Morgan fingerprint density at radius 2 is 2.11 bits per heavy atom. The van der Waals surface area contributed by atoms with Crippen LogP contribution in [0.25, 0.3) is 28.2 Å². The van der Waals surface area contributed by atoms with Crippen LogP contribution in [0.2, 0.25) is 0 Å². The summed E-state index contributed by atoms with van der Waals surface area (Å²) in [5.74, 6) is 0.931. The van der Waals surface area contributed by atoms with Crippen molar-refractivity contribution >= 4 is 16.7 Å². The lowest BCUT2D eigenvalue weighted by atomic mass is 10.1. The van der Waals surface area contributed by atoms with Crippen molar-refractivity contribution in [1.29, 1.82) is 0 Å². The Hall–Kier alpha value is -2.62. The number of fused-ring (bicyclic) bond motifs is 7. The summed E-state index contributed by atoms with van der Waals surface area (Å²) in [5, 5.41) is 4.35. The van der Waals surface area contributed by atoms with E-state index in [2.05, 4.69) is 33.9 Å². The Morgan fingerprint density at radius 1 is 1.16 bits per heavy atom. The Balaban J connectivity index is 1.93. The Bertz CT molecular complexity index is 949. The van der Waals surface area contributed by atoms with Crippen molar-refractivity contribution in [2.75, 3.05) is 0 Å². The van der Waals surface area contributed by atoms with Crippen LogP contribution in [0.4, 0.5) is 0 Å². The topological polar surface area (TPSA) is 34.3 Å². The van der Waals surface area contributed by atoms with Crippen LogP contribution in [0.1, 0.15) is 5.56 Å². The molecule has 0 fully saturated rings. The predicted octanol–water partition coefficient (Wildman–Crippen LogP) is 2.40. The van der Waals surface area contributed by atoms with E-state index in [1.54, 1.807) is 6.20 Å². The van der Waals surface area contributed by atoms with E-state index in [0.717, 1.165) is 29.2 Å². The number of oxazole rings is 1. The van der Waals surface area contributed by atoms with E-state index in [1.165, 1.54) is 11.1 Å². The second-order valence-corrected chi connectivity index (χ2v) is 4.85. The molecule has 1 aliphatic rings. The fraction of sp³-hybridized carbons (Fsp3) is 0.0667.